The number of carbonyl (C=O) groups is 2. The summed E-state index contributed by atoms with van der Waals surface area (Å²) in [7, 11) is 2.93. The Hall–Kier alpha value is -1.44. The van der Waals surface area contributed by atoms with Gasteiger partial charge in [0.25, 0.3) is 0 Å². The van der Waals surface area contributed by atoms with E-state index in [9.17, 15) is 19.8 Å². The highest BCUT2D eigenvalue weighted by molar-refractivity contribution is 5.99. The molecule has 4 aliphatic rings. The quantitative estimate of drug-likeness (QED) is 0.667. The molecule has 10 atom stereocenters. The number of aliphatic hydroxyl groups is 2. The number of rotatable bonds is 2. The zero-order valence-electron chi connectivity index (χ0n) is 18.0. The molecule has 29 heavy (non-hydrogen) atoms. The van der Waals surface area contributed by atoms with Gasteiger partial charge >= 0.3 is 5.97 Å². The molecule has 0 amide bonds. The molecule has 0 radical (unpaired) electrons. The lowest BCUT2D eigenvalue weighted by molar-refractivity contribution is -0.315. The van der Waals surface area contributed by atoms with Gasteiger partial charge in [-0.15, -0.1) is 0 Å². The minimum Gasteiger partial charge on any atom is -0.493 e. The van der Waals surface area contributed by atoms with Crippen LogP contribution in [0.3, 0.4) is 0 Å². The Morgan fingerprint density at radius 2 is 1.86 bits per heavy atom. The first-order valence-corrected chi connectivity index (χ1v) is 10.4. The van der Waals surface area contributed by atoms with Crippen LogP contribution >= 0.6 is 0 Å². The van der Waals surface area contributed by atoms with Crippen molar-refractivity contribution >= 4 is 11.8 Å². The fourth-order valence-electron chi connectivity index (χ4n) is 7.60. The van der Waals surface area contributed by atoms with Crippen LogP contribution in [0.4, 0.5) is 0 Å². The van der Waals surface area contributed by atoms with Crippen molar-refractivity contribution in [1.29, 1.82) is 0 Å². The second-order valence-corrected chi connectivity index (χ2v) is 10.00. The molecule has 0 unspecified atom stereocenters. The number of methoxy groups -OCH3 is 2. The van der Waals surface area contributed by atoms with Crippen molar-refractivity contribution in [2.75, 3.05) is 14.2 Å². The van der Waals surface area contributed by atoms with E-state index in [2.05, 4.69) is 0 Å². The average Bonchev–Trinajstić information content (AvgIpc) is 2.63. The average molecular weight is 408 g/mol. The largest absolute Gasteiger partial charge is 0.493 e. The molecule has 0 aromatic rings. The summed E-state index contributed by atoms with van der Waals surface area (Å²) >= 11 is 0. The molecule has 2 saturated carbocycles. The summed E-state index contributed by atoms with van der Waals surface area (Å²) < 4.78 is 16.8. The monoisotopic (exact) mass is 408 g/mol. The predicted octanol–water partition coefficient (Wildman–Crippen LogP) is 1.46. The lowest BCUT2D eigenvalue weighted by Crippen LogP contribution is -2.77. The third kappa shape index (κ3) is 2.35. The van der Waals surface area contributed by atoms with Gasteiger partial charge in [-0.05, 0) is 31.3 Å². The van der Waals surface area contributed by atoms with Crippen LogP contribution < -0.4 is 0 Å². The summed E-state index contributed by atoms with van der Waals surface area (Å²) in [6, 6.07) is 0. The van der Waals surface area contributed by atoms with E-state index in [0.717, 1.165) is 0 Å². The number of carbonyl (C=O) groups excluding carboxylic acids is 2. The lowest BCUT2D eigenvalue weighted by atomic mass is 9.37. The van der Waals surface area contributed by atoms with Crippen molar-refractivity contribution in [2.45, 2.75) is 64.4 Å². The Morgan fingerprint density at radius 3 is 2.45 bits per heavy atom. The maximum atomic E-state index is 13.6. The van der Waals surface area contributed by atoms with Crippen molar-refractivity contribution < 1.29 is 34.0 Å². The number of esters is 1. The highest BCUT2D eigenvalue weighted by atomic mass is 16.5. The van der Waals surface area contributed by atoms with Gasteiger partial charge in [-0.1, -0.05) is 20.8 Å². The minimum atomic E-state index is -1.44. The van der Waals surface area contributed by atoms with Crippen LogP contribution in [0.15, 0.2) is 11.8 Å². The van der Waals surface area contributed by atoms with Gasteiger partial charge in [-0.25, -0.2) is 0 Å². The second kappa shape index (κ2) is 6.28. The van der Waals surface area contributed by atoms with Gasteiger partial charge in [-0.3, -0.25) is 9.59 Å². The molecule has 1 aliphatic heterocycles. The number of hydrogen-bond donors (Lipinski definition) is 2. The summed E-state index contributed by atoms with van der Waals surface area (Å²) in [5, 5.41) is 22.9. The van der Waals surface area contributed by atoms with Crippen molar-refractivity contribution in [1.82, 2.24) is 0 Å². The Bertz CT molecular complexity index is 773. The summed E-state index contributed by atoms with van der Waals surface area (Å²) in [5.74, 6) is -1.37. The van der Waals surface area contributed by atoms with E-state index in [1.807, 2.05) is 26.8 Å². The highest BCUT2D eigenvalue weighted by Crippen LogP contribution is 2.68. The van der Waals surface area contributed by atoms with Gasteiger partial charge in [0, 0.05) is 29.8 Å². The normalized spacial score (nSPS) is 54.1. The molecule has 4 rings (SSSR count). The number of aliphatic hydroxyl groups excluding tert-OH is 1. The Kier molecular flexibility index (Phi) is 4.51. The van der Waals surface area contributed by atoms with Crippen LogP contribution in [0.1, 0.15) is 40.5 Å². The van der Waals surface area contributed by atoms with Crippen LogP contribution in [0.2, 0.25) is 0 Å². The van der Waals surface area contributed by atoms with E-state index in [4.69, 9.17) is 14.2 Å². The van der Waals surface area contributed by atoms with E-state index in [1.165, 1.54) is 14.2 Å². The number of ketones is 1. The zero-order valence-corrected chi connectivity index (χ0v) is 18.0. The fourth-order valence-corrected chi connectivity index (χ4v) is 7.60. The van der Waals surface area contributed by atoms with Crippen LogP contribution in [0, 0.1) is 34.5 Å². The molecule has 2 N–H and O–H groups in total. The van der Waals surface area contributed by atoms with Gasteiger partial charge < -0.3 is 24.4 Å². The van der Waals surface area contributed by atoms with Gasteiger partial charge in [0.2, 0.25) is 5.78 Å². The first-order chi connectivity index (χ1) is 13.4. The van der Waals surface area contributed by atoms with Crippen LogP contribution in [0.25, 0.3) is 0 Å². The highest BCUT2D eigenvalue weighted by Gasteiger charge is 2.75. The van der Waals surface area contributed by atoms with E-state index in [-0.39, 0.29) is 30.0 Å². The first-order valence-electron chi connectivity index (χ1n) is 10.4. The van der Waals surface area contributed by atoms with Crippen LogP contribution in [-0.4, -0.2) is 60.1 Å². The Balaban J connectivity index is 1.96. The molecule has 0 aromatic carbocycles. The molecule has 3 fully saturated rings. The van der Waals surface area contributed by atoms with Crippen molar-refractivity contribution in [3.05, 3.63) is 11.8 Å². The predicted molar refractivity (Wildman–Crippen MR) is 102 cm³/mol. The molecule has 3 aliphatic carbocycles. The Morgan fingerprint density at radius 1 is 1.21 bits per heavy atom. The van der Waals surface area contributed by atoms with E-state index < -0.39 is 46.6 Å². The minimum absolute atomic E-state index is 0.00640. The topological polar surface area (TPSA) is 102 Å². The number of Topliss-reactive ketones (excluding diaryl/α,β-unsaturated/α-hetero) is 1. The molecular formula is C22H32O7. The molecule has 0 bridgehead atoms. The van der Waals surface area contributed by atoms with Crippen LogP contribution in [-0.2, 0) is 23.8 Å². The standard InChI is InChI=1S/C22H32O7/c1-10-7-12(27-5)18(25)20(2)11(10)8-14-21(3)13(9-15(23)29-14)22(4,26)19(28-6)16(24)17(20)21/h7,10-11,13-14,16-17,19,24,26H,8-9H2,1-6H3/t10-,11-,13-,14-,16+,17-,19-,20+,21-,22+/m1/s1. The van der Waals surface area contributed by atoms with Crippen molar-refractivity contribution in [3.63, 3.8) is 0 Å². The van der Waals surface area contributed by atoms with E-state index >= 15 is 0 Å². The van der Waals surface area contributed by atoms with E-state index in [0.29, 0.717) is 12.2 Å². The fraction of sp³-hybridized carbons (Fsp3) is 0.818. The lowest BCUT2D eigenvalue weighted by Gasteiger charge is -2.69. The molecule has 0 spiro atoms. The molecule has 0 aromatic heterocycles. The van der Waals surface area contributed by atoms with Crippen molar-refractivity contribution in [3.8, 4) is 0 Å². The summed E-state index contributed by atoms with van der Waals surface area (Å²) in [4.78, 5) is 26.1. The first kappa shape index (κ1) is 20.8. The second-order valence-electron chi connectivity index (χ2n) is 10.00. The third-order valence-corrected chi connectivity index (χ3v) is 8.81. The molecular weight excluding hydrogens is 376 g/mol. The summed E-state index contributed by atoms with van der Waals surface area (Å²) in [6.07, 6.45) is -0.141. The molecule has 7 nitrogen and oxygen atoms in total. The Labute approximate surface area is 171 Å². The number of hydrogen-bond acceptors (Lipinski definition) is 7. The molecule has 1 heterocycles. The number of allylic oxidation sites excluding steroid dienone is 2. The smallest absolute Gasteiger partial charge is 0.306 e. The number of ether oxygens (including phenoxy) is 3. The maximum Gasteiger partial charge on any atom is 0.306 e. The van der Waals surface area contributed by atoms with Gasteiger partial charge in [-0.2, -0.15) is 0 Å². The summed E-state index contributed by atoms with van der Waals surface area (Å²) in [6.45, 7) is 7.50. The number of fused-ring (bicyclic) bond motifs is 2. The third-order valence-electron chi connectivity index (χ3n) is 8.81. The van der Waals surface area contributed by atoms with Gasteiger partial charge in [0.15, 0.2) is 5.76 Å². The molecule has 7 heteroatoms. The molecule has 1 saturated heterocycles. The maximum absolute atomic E-state index is 13.6. The van der Waals surface area contributed by atoms with Crippen LogP contribution in [0.5, 0.6) is 0 Å². The van der Waals surface area contributed by atoms with Gasteiger partial charge in [0.05, 0.1) is 25.2 Å². The van der Waals surface area contributed by atoms with E-state index in [1.54, 1.807) is 6.92 Å². The SMILES string of the molecule is COC1=C[C@@H](C)[C@H]2C[C@H]3OC(=O)C[C@H]4[C@](C)(O)[C@H](OC)[C@@H](O)[C@H]([C@@]2(C)C1=O)[C@@]34C. The summed E-state index contributed by atoms with van der Waals surface area (Å²) in [5.41, 5.74) is -3.15. The molecule has 162 valence electrons. The van der Waals surface area contributed by atoms with Crippen molar-refractivity contribution in [2.24, 2.45) is 34.5 Å². The van der Waals surface area contributed by atoms with Gasteiger partial charge in [0.1, 0.15) is 12.2 Å². The zero-order chi connectivity index (χ0) is 21.5.